The summed E-state index contributed by atoms with van der Waals surface area (Å²) < 4.78 is 5.49. The van der Waals surface area contributed by atoms with Crippen LogP contribution < -0.4 is 5.32 Å². The normalized spacial score (nSPS) is 23.0. The Balaban J connectivity index is 2.02. The van der Waals surface area contributed by atoms with Crippen molar-refractivity contribution in [2.45, 2.75) is 26.4 Å². The molecule has 1 aliphatic rings. The summed E-state index contributed by atoms with van der Waals surface area (Å²) in [6.45, 7) is 5.41. The maximum absolute atomic E-state index is 10.9. The maximum Gasteiger partial charge on any atom is 0.335 e. The van der Waals surface area contributed by atoms with Crippen molar-refractivity contribution in [3.63, 3.8) is 0 Å². The number of carboxylic acids is 1. The van der Waals surface area contributed by atoms with Gasteiger partial charge >= 0.3 is 5.97 Å². The van der Waals surface area contributed by atoms with Crippen molar-refractivity contribution in [1.29, 1.82) is 0 Å². The van der Waals surface area contributed by atoms with Crippen LogP contribution in [0.1, 0.15) is 29.4 Å². The molecule has 0 bridgehead atoms. The summed E-state index contributed by atoms with van der Waals surface area (Å²) in [6, 6.07) is 3.13. The average molecular weight is 250 g/mol. The molecule has 18 heavy (non-hydrogen) atoms. The number of aromatic carboxylic acids is 1. The van der Waals surface area contributed by atoms with Gasteiger partial charge in [0.25, 0.3) is 0 Å². The predicted octanol–water partition coefficient (Wildman–Crippen LogP) is 1.93. The zero-order valence-corrected chi connectivity index (χ0v) is 10.6. The van der Waals surface area contributed by atoms with E-state index in [1.165, 1.54) is 0 Å². The highest BCUT2D eigenvalue weighted by Gasteiger charge is 2.23. The van der Waals surface area contributed by atoms with Crippen LogP contribution in [0.5, 0.6) is 0 Å². The van der Waals surface area contributed by atoms with E-state index in [4.69, 9.17) is 9.84 Å². The van der Waals surface area contributed by atoms with Gasteiger partial charge in [-0.2, -0.15) is 0 Å². The molecular weight excluding hydrogens is 232 g/mol. The van der Waals surface area contributed by atoms with E-state index < -0.39 is 5.97 Å². The molecule has 2 rings (SSSR count). The van der Waals surface area contributed by atoms with Crippen LogP contribution in [0.3, 0.4) is 0 Å². The highest BCUT2D eigenvalue weighted by molar-refractivity contribution is 5.88. The fraction of sp³-hybridized carbons (Fsp3) is 0.538. The van der Waals surface area contributed by atoms with Crippen molar-refractivity contribution in [1.82, 2.24) is 4.98 Å². The van der Waals surface area contributed by atoms with Gasteiger partial charge in [0.05, 0.1) is 11.7 Å². The highest BCUT2D eigenvalue weighted by Crippen LogP contribution is 2.21. The van der Waals surface area contributed by atoms with Crippen LogP contribution in [0.15, 0.2) is 12.1 Å². The number of hydrogen-bond donors (Lipinski definition) is 2. The zero-order chi connectivity index (χ0) is 13.1. The summed E-state index contributed by atoms with van der Waals surface area (Å²) in [5, 5.41) is 12.2. The van der Waals surface area contributed by atoms with Gasteiger partial charge in [-0.05, 0) is 32.4 Å². The Morgan fingerprint density at radius 1 is 1.61 bits per heavy atom. The first-order valence-electron chi connectivity index (χ1n) is 6.13. The minimum atomic E-state index is -0.930. The molecule has 1 aromatic heterocycles. The van der Waals surface area contributed by atoms with Gasteiger partial charge in [0.2, 0.25) is 0 Å². The molecule has 2 unspecified atom stereocenters. The number of hydrogen-bond acceptors (Lipinski definition) is 4. The molecule has 0 aliphatic carbocycles. The number of carbonyl (C=O) groups is 1. The molecule has 0 radical (unpaired) electrons. The second-order valence-electron chi connectivity index (χ2n) is 4.69. The fourth-order valence-corrected chi connectivity index (χ4v) is 2.16. The average Bonchev–Trinajstić information content (AvgIpc) is 2.71. The maximum atomic E-state index is 10.9. The van der Waals surface area contributed by atoms with Crippen LogP contribution >= 0.6 is 0 Å². The van der Waals surface area contributed by atoms with E-state index in [0.29, 0.717) is 17.4 Å². The van der Waals surface area contributed by atoms with E-state index in [1.807, 2.05) is 0 Å². The smallest absolute Gasteiger partial charge is 0.335 e. The van der Waals surface area contributed by atoms with Crippen molar-refractivity contribution in [2.24, 2.45) is 5.92 Å². The number of nitrogens with one attached hydrogen (secondary N) is 1. The lowest BCUT2D eigenvalue weighted by atomic mass is 10.0. The number of pyridine rings is 1. The standard InChI is InChI=1S/C13H18N2O3/c1-8-5-11(13(16)17)6-12(15-8)14-7-10-3-4-18-9(10)2/h5-6,9-10H,3-4,7H2,1-2H3,(H,14,15)(H,16,17). The molecule has 5 heteroatoms. The number of aromatic nitrogens is 1. The number of carboxylic acid groups (broad SMARTS) is 1. The first-order chi connectivity index (χ1) is 8.56. The zero-order valence-electron chi connectivity index (χ0n) is 10.6. The Labute approximate surface area is 106 Å². The number of nitrogens with zero attached hydrogens (tertiary/aromatic N) is 1. The van der Waals surface area contributed by atoms with Crippen LogP contribution in [0, 0.1) is 12.8 Å². The number of aryl methyl sites for hydroxylation is 1. The minimum absolute atomic E-state index is 0.251. The molecule has 2 atom stereocenters. The van der Waals surface area contributed by atoms with Crippen molar-refractivity contribution in [2.75, 3.05) is 18.5 Å². The summed E-state index contributed by atoms with van der Waals surface area (Å²) in [5.74, 6) is 0.146. The van der Waals surface area contributed by atoms with Crippen molar-refractivity contribution in [3.8, 4) is 0 Å². The summed E-state index contributed by atoms with van der Waals surface area (Å²) in [6.07, 6.45) is 1.28. The predicted molar refractivity (Wildman–Crippen MR) is 67.9 cm³/mol. The first-order valence-corrected chi connectivity index (χ1v) is 6.13. The number of rotatable bonds is 4. The first kappa shape index (κ1) is 12.8. The van der Waals surface area contributed by atoms with Gasteiger partial charge in [-0.3, -0.25) is 0 Å². The topological polar surface area (TPSA) is 71.5 Å². The molecule has 1 saturated heterocycles. The van der Waals surface area contributed by atoms with E-state index in [1.54, 1.807) is 19.1 Å². The lowest BCUT2D eigenvalue weighted by molar-refractivity contribution is 0.0696. The molecule has 1 aliphatic heterocycles. The Kier molecular flexibility index (Phi) is 3.81. The van der Waals surface area contributed by atoms with Crippen LogP contribution in [0.25, 0.3) is 0 Å². The van der Waals surface area contributed by atoms with Crippen LogP contribution in [0.2, 0.25) is 0 Å². The second-order valence-corrected chi connectivity index (χ2v) is 4.69. The van der Waals surface area contributed by atoms with Gasteiger partial charge in [-0.1, -0.05) is 0 Å². The van der Waals surface area contributed by atoms with E-state index in [-0.39, 0.29) is 11.7 Å². The van der Waals surface area contributed by atoms with Gasteiger partial charge in [-0.15, -0.1) is 0 Å². The highest BCUT2D eigenvalue weighted by atomic mass is 16.5. The molecule has 0 spiro atoms. The van der Waals surface area contributed by atoms with Crippen molar-refractivity contribution in [3.05, 3.63) is 23.4 Å². The van der Waals surface area contributed by atoms with E-state index in [0.717, 1.165) is 19.6 Å². The molecule has 0 amide bonds. The van der Waals surface area contributed by atoms with Gasteiger partial charge < -0.3 is 15.2 Å². The van der Waals surface area contributed by atoms with Gasteiger partial charge in [0.1, 0.15) is 5.82 Å². The molecule has 0 aromatic carbocycles. The Hall–Kier alpha value is -1.62. The SMILES string of the molecule is Cc1cc(C(=O)O)cc(NCC2CCOC2C)n1. The molecule has 5 nitrogen and oxygen atoms in total. The lowest BCUT2D eigenvalue weighted by Crippen LogP contribution is -2.21. The van der Waals surface area contributed by atoms with Gasteiger partial charge in [0, 0.05) is 24.8 Å². The quantitative estimate of drug-likeness (QED) is 0.854. The molecule has 1 aromatic rings. The van der Waals surface area contributed by atoms with Crippen LogP contribution in [-0.4, -0.2) is 35.3 Å². The summed E-state index contributed by atoms with van der Waals surface area (Å²) in [5.41, 5.74) is 0.967. The third-order valence-electron chi connectivity index (χ3n) is 3.28. The molecule has 2 heterocycles. The van der Waals surface area contributed by atoms with E-state index in [9.17, 15) is 4.79 Å². The summed E-state index contributed by atoms with van der Waals surface area (Å²) in [4.78, 5) is 15.2. The largest absolute Gasteiger partial charge is 0.478 e. The van der Waals surface area contributed by atoms with Crippen LogP contribution in [-0.2, 0) is 4.74 Å². The minimum Gasteiger partial charge on any atom is -0.478 e. The number of anilines is 1. The molecule has 98 valence electrons. The van der Waals surface area contributed by atoms with Crippen molar-refractivity contribution >= 4 is 11.8 Å². The molecule has 0 saturated carbocycles. The molecule has 1 fully saturated rings. The molecular formula is C13H18N2O3. The fourth-order valence-electron chi connectivity index (χ4n) is 2.16. The Morgan fingerprint density at radius 2 is 2.39 bits per heavy atom. The monoisotopic (exact) mass is 250 g/mol. The third-order valence-corrected chi connectivity index (χ3v) is 3.28. The van der Waals surface area contributed by atoms with E-state index >= 15 is 0 Å². The third kappa shape index (κ3) is 2.98. The Bertz CT molecular complexity index is 448. The van der Waals surface area contributed by atoms with Gasteiger partial charge in [-0.25, -0.2) is 9.78 Å². The number of ether oxygens (including phenoxy) is 1. The molecule has 2 N–H and O–H groups in total. The summed E-state index contributed by atoms with van der Waals surface area (Å²) >= 11 is 0. The lowest BCUT2D eigenvalue weighted by Gasteiger charge is -2.15. The van der Waals surface area contributed by atoms with Crippen LogP contribution in [0.4, 0.5) is 5.82 Å². The second kappa shape index (κ2) is 5.35. The Morgan fingerprint density at radius 3 is 3.00 bits per heavy atom. The summed E-state index contributed by atoms with van der Waals surface area (Å²) in [7, 11) is 0. The van der Waals surface area contributed by atoms with E-state index in [2.05, 4.69) is 17.2 Å². The van der Waals surface area contributed by atoms with Gasteiger partial charge in [0.15, 0.2) is 0 Å². The van der Waals surface area contributed by atoms with Crippen molar-refractivity contribution < 1.29 is 14.6 Å².